The third-order valence-corrected chi connectivity index (χ3v) is 8.23. The molecule has 0 aromatic rings. The first-order valence-electron chi connectivity index (χ1n) is 8.34. The van der Waals surface area contributed by atoms with Crippen molar-refractivity contribution >= 4 is 14.4 Å². The molecular formula is C17H33NO5Si. The van der Waals surface area contributed by atoms with Crippen LogP contribution in [0.4, 0.5) is 4.79 Å². The number of alkyl carbamates (subject to hydrolysis) is 1. The van der Waals surface area contributed by atoms with Crippen LogP contribution in [-0.2, 0) is 18.6 Å². The van der Waals surface area contributed by atoms with Crippen LogP contribution >= 0.6 is 0 Å². The summed E-state index contributed by atoms with van der Waals surface area (Å²) in [6.45, 7) is 17.0. The molecule has 1 N–H and O–H groups in total. The van der Waals surface area contributed by atoms with Crippen LogP contribution in [0.3, 0.4) is 0 Å². The third-order valence-electron chi connectivity index (χ3n) is 3.64. The number of allylic oxidation sites excluding steroid dienone is 2. The summed E-state index contributed by atoms with van der Waals surface area (Å²) < 4.78 is 21.1. The summed E-state index contributed by atoms with van der Waals surface area (Å²) in [5, 5.41) is 4.87. The number of rotatable bonds is 14. The van der Waals surface area contributed by atoms with E-state index in [4.69, 9.17) is 18.6 Å². The maximum absolute atomic E-state index is 11.6. The molecule has 7 heteroatoms. The summed E-state index contributed by atoms with van der Waals surface area (Å²) in [4.78, 5) is 11.6. The summed E-state index contributed by atoms with van der Waals surface area (Å²) >= 11 is 0. The summed E-state index contributed by atoms with van der Waals surface area (Å²) in [5.41, 5.74) is 0. The molecule has 140 valence electrons. The van der Waals surface area contributed by atoms with E-state index in [-0.39, 0.29) is 6.61 Å². The van der Waals surface area contributed by atoms with E-state index in [2.05, 4.69) is 18.5 Å². The zero-order valence-corrected chi connectivity index (χ0v) is 16.6. The van der Waals surface area contributed by atoms with Crippen molar-refractivity contribution in [3.05, 3.63) is 23.6 Å². The van der Waals surface area contributed by atoms with E-state index < -0.39 is 14.4 Å². The molecule has 0 aromatic heterocycles. The van der Waals surface area contributed by atoms with Gasteiger partial charge in [0.25, 0.3) is 0 Å². The van der Waals surface area contributed by atoms with E-state index in [1.165, 1.54) is 0 Å². The van der Waals surface area contributed by atoms with E-state index in [9.17, 15) is 4.79 Å². The van der Waals surface area contributed by atoms with Crippen molar-refractivity contribution < 1.29 is 23.4 Å². The Labute approximate surface area is 147 Å². The molecule has 1 amide bonds. The van der Waals surface area contributed by atoms with E-state index in [1.807, 2.05) is 20.8 Å². The topological polar surface area (TPSA) is 66.0 Å². The summed E-state index contributed by atoms with van der Waals surface area (Å²) in [6, 6.07) is 0.853. The highest BCUT2D eigenvalue weighted by Crippen LogP contribution is 2.28. The number of hydrogen-bond donors (Lipinski definition) is 1. The lowest BCUT2D eigenvalue weighted by molar-refractivity contribution is 0.0421. The Bertz CT molecular complexity index is 386. The number of amides is 1. The predicted molar refractivity (Wildman–Crippen MR) is 98.5 cm³/mol. The van der Waals surface area contributed by atoms with Gasteiger partial charge in [0.15, 0.2) is 0 Å². The molecule has 0 aliphatic carbocycles. The molecule has 24 heavy (non-hydrogen) atoms. The first-order chi connectivity index (χ1) is 11.4. The lowest BCUT2D eigenvalue weighted by Crippen LogP contribution is -2.42. The van der Waals surface area contributed by atoms with Crippen molar-refractivity contribution in [3.8, 4) is 0 Å². The lowest BCUT2D eigenvalue weighted by atomic mass is 10.5. The summed E-state index contributed by atoms with van der Waals surface area (Å²) in [7, 11) is -0.570. The number of hydrogen-bond acceptors (Lipinski definition) is 5. The fraction of sp³-hybridized carbons (Fsp3) is 0.706. The number of ether oxygens (including phenoxy) is 3. The van der Waals surface area contributed by atoms with Gasteiger partial charge in [-0.3, -0.25) is 0 Å². The van der Waals surface area contributed by atoms with Crippen molar-refractivity contribution in [2.45, 2.75) is 33.2 Å². The van der Waals surface area contributed by atoms with Crippen LogP contribution < -0.4 is 5.32 Å². The first-order valence-corrected chi connectivity index (χ1v) is 10.5. The maximum Gasteiger partial charge on any atom is 0.407 e. The molecule has 0 atom stereocenters. The Morgan fingerprint density at radius 1 is 1.08 bits per heavy atom. The van der Waals surface area contributed by atoms with E-state index in [1.54, 1.807) is 7.11 Å². The standard InChI is InChI=1S/C17H33NO5Si/c1-7-23-24(15(2)3,16(4)5)14-8-9-18-17(19)22-13-12-21-11-10-20-6/h2,4,7-14H2,1,3,5-6H3,(H,18,19). The Kier molecular flexibility index (Phi) is 12.5. The summed E-state index contributed by atoms with van der Waals surface area (Å²) in [6.07, 6.45) is 0.366. The maximum atomic E-state index is 11.6. The van der Waals surface area contributed by atoms with Crippen LogP contribution in [0.15, 0.2) is 23.6 Å². The van der Waals surface area contributed by atoms with Gasteiger partial charge < -0.3 is 24.0 Å². The average molecular weight is 360 g/mol. The van der Waals surface area contributed by atoms with Crippen molar-refractivity contribution in [1.82, 2.24) is 5.32 Å². The number of carbonyl (C=O) groups excluding carboxylic acids is 1. The number of nitrogens with one attached hydrogen (secondary N) is 1. The second-order valence-corrected chi connectivity index (χ2v) is 9.74. The van der Waals surface area contributed by atoms with Crippen molar-refractivity contribution in [2.75, 3.05) is 46.7 Å². The highest BCUT2D eigenvalue weighted by Gasteiger charge is 2.36. The fourth-order valence-corrected chi connectivity index (χ4v) is 5.76. The van der Waals surface area contributed by atoms with E-state index in [0.29, 0.717) is 33.0 Å². The minimum atomic E-state index is -2.18. The Balaban J connectivity index is 4.02. The molecule has 0 aliphatic rings. The normalized spacial score (nSPS) is 11.2. The van der Waals surface area contributed by atoms with Gasteiger partial charge >= 0.3 is 6.09 Å². The zero-order chi connectivity index (χ0) is 18.4. The Morgan fingerprint density at radius 3 is 2.25 bits per heavy atom. The highest BCUT2D eigenvalue weighted by atomic mass is 28.4. The summed E-state index contributed by atoms with van der Waals surface area (Å²) in [5.74, 6) is 0. The molecule has 0 saturated heterocycles. The van der Waals surface area contributed by atoms with Gasteiger partial charge in [0.05, 0.1) is 19.8 Å². The monoisotopic (exact) mass is 359 g/mol. The van der Waals surface area contributed by atoms with Gasteiger partial charge in [0, 0.05) is 20.3 Å². The predicted octanol–water partition coefficient (Wildman–Crippen LogP) is 2.98. The number of methoxy groups -OCH3 is 1. The SMILES string of the molecule is C=C(C)[Si](CCCNC(=O)OCCOCCOC)(OCC)C(=C)C. The van der Waals surface area contributed by atoms with Gasteiger partial charge in [0.1, 0.15) is 6.61 Å². The van der Waals surface area contributed by atoms with Crippen LogP contribution in [0.2, 0.25) is 6.04 Å². The smallest absolute Gasteiger partial charge is 0.407 e. The molecule has 0 saturated carbocycles. The lowest BCUT2D eigenvalue weighted by Gasteiger charge is -2.32. The second kappa shape index (κ2) is 13.2. The minimum absolute atomic E-state index is 0.227. The molecule has 0 aromatic carbocycles. The molecule has 6 nitrogen and oxygen atoms in total. The number of carbonyl (C=O) groups is 1. The van der Waals surface area contributed by atoms with Crippen LogP contribution in [0.5, 0.6) is 0 Å². The second-order valence-electron chi connectivity index (χ2n) is 5.59. The van der Waals surface area contributed by atoms with Gasteiger partial charge in [-0.1, -0.05) is 10.4 Å². The quantitative estimate of drug-likeness (QED) is 0.381. The van der Waals surface area contributed by atoms with E-state index >= 15 is 0 Å². The molecule has 0 spiro atoms. The highest BCUT2D eigenvalue weighted by molar-refractivity contribution is 6.86. The van der Waals surface area contributed by atoms with Crippen LogP contribution in [0.25, 0.3) is 0 Å². The van der Waals surface area contributed by atoms with Gasteiger partial charge in [-0.2, -0.15) is 0 Å². The van der Waals surface area contributed by atoms with Crippen molar-refractivity contribution in [2.24, 2.45) is 0 Å². The zero-order valence-electron chi connectivity index (χ0n) is 15.6. The van der Waals surface area contributed by atoms with Crippen LogP contribution in [0, 0.1) is 0 Å². The van der Waals surface area contributed by atoms with Crippen LogP contribution in [0.1, 0.15) is 27.2 Å². The molecule has 0 fully saturated rings. The average Bonchev–Trinajstić information content (AvgIpc) is 2.53. The third kappa shape index (κ3) is 8.63. The van der Waals surface area contributed by atoms with E-state index in [0.717, 1.165) is 22.9 Å². The van der Waals surface area contributed by atoms with Crippen LogP contribution in [-0.4, -0.2) is 61.1 Å². The Morgan fingerprint density at radius 2 is 1.71 bits per heavy atom. The van der Waals surface area contributed by atoms with Gasteiger partial charge in [-0.05, 0) is 33.2 Å². The fourth-order valence-electron chi connectivity index (χ4n) is 2.37. The van der Waals surface area contributed by atoms with Gasteiger partial charge in [0.2, 0.25) is 8.32 Å². The molecule has 0 aliphatic heterocycles. The van der Waals surface area contributed by atoms with Crippen molar-refractivity contribution in [1.29, 1.82) is 0 Å². The Hall–Kier alpha value is -1.15. The first kappa shape index (κ1) is 22.8. The molecule has 0 bridgehead atoms. The van der Waals surface area contributed by atoms with Gasteiger partial charge in [-0.15, -0.1) is 13.2 Å². The minimum Gasteiger partial charge on any atom is -0.447 e. The molecule has 0 unspecified atom stereocenters. The molecule has 0 heterocycles. The molecule has 0 radical (unpaired) electrons. The molecular weight excluding hydrogens is 326 g/mol. The largest absolute Gasteiger partial charge is 0.447 e. The van der Waals surface area contributed by atoms with Gasteiger partial charge in [-0.25, -0.2) is 4.79 Å². The molecule has 0 rings (SSSR count). The van der Waals surface area contributed by atoms with Crippen molar-refractivity contribution in [3.63, 3.8) is 0 Å².